The summed E-state index contributed by atoms with van der Waals surface area (Å²) in [6.07, 6.45) is 4.90. The molecule has 3 rings (SSSR count). The van der Waals surface area contributed by atoms with Gasteiger partial charge < -0.3 is 19.5 Å². The third-order valence-corrected chi connectivity index (χ3v) is 7.34. The van der Waals surface area contributed by atoms with E-state index >= 15 is 0 Å². The summed E-state index contributed by atoms with van der Waals surface area (Å²) in [4.78, 5) is 6.52. The van der Waals surface area contributed by atoms with Crippen molar-refractivity contribution in [3.8, 4) is 0 Å². The highest BCUT2D eigenvalue weighted by atomic mass is 127. The van der Waals surface area contributed by atoms with Gasteiger partial charge in [0.1, 0.15) is 12.0 Å². The highest BCUT2D eigenvalue weighted by molar-refractivity contribution is 14.0. The normalized spacial score (nSPS) is 19.7. The first kappa shape index (κ1) is 24.4. The fraction of sp³-hybridized carbons (Fsp3) is 0.778. The molecule has 1 aliphatic heterocycles. The maximum atomic E-state index is 12.6. The molecular formula is C18H32IN5O4S. The van der Waals surface area contributed by atoms with Crippen molar-refractivity contribution in [2.24, 2.45) is 10.4 Å². The Labute approximate surface area is 190 Å². The number of aromatic nitrogens is 1. The molecule has 1 N–H and O–H groups in total. The Hall–Kier alpha value is -0.920. The molecule has 1 saturated heterocycles. The van der Waals surface area contributed by atoms with Gasteiger partial charge >= 0.3 is 0 Å². The standard InChI is InChI=1S/C18H31N5O4S.HI/c1-3-26-13-7-18(5-6-18)15-20-17(19-2)22-8-10-23(11-9-22)28(24,25)14-16-4-12-27-21-16;/h4,12H,3,5-11,13-15H2,1-2H3,(H,19,20);1H. The smallest absolute Gasteiger partial charge is 0.220 e. The van der Waals surface area contributed by atoms with Crippen LogP contribution in [0.25, 0.3) is 0 Å². The van der Waals surface area contributed by atoms with Crippen molar-refractivity contribution in [3.63, 3.8) is 0 Å². The number of aliphatic imine (C=N–C) groups is 1. The molecule has 2 fully saturated rings. The van der Waals surface area contributed by atoms with E-state index in [1.165, 1.54) is 23.4 Å². The Bertz CT molecular complexity index is 744. The molecule has 0 aromatic carbocycles. The fourth-order valence-electron chi connectivity index (χ4n) is 3.49. The van der Waals surface area contributed by atoms with Crippen molar-refractivity contribution in [2.45, 2.75) is 31.9 Å². The van der Waals surface area contributed by atoms with Gasteiger partial charge in [0.15, 0.2) is 5.96 Å². The van der Waals surface area contributed by atoms with Gasteiger partial charge in [0.25, 0.3) is 0 Å². The topological polar surface area (TPSA) is 100 Å². The van der Waals surface area contributed by atoms with Gasteiger partial charge in [-0.2, -0.15) is 4.31 Å². The van der Waals surface area contributed by atoms with Gasteiger partial charge in [-0.15, -0.1) is 24.0 Å². The van der Waals surface area contributed by atoms with Crippen molar-refractivity contribution in [3.05, 3.63) is 18.0 Å². The van der Waals surface area contributed by atoms with Gasteiger partial charge in [-0.25, -0.2) is 8.42 Å². The largest absolute Gasteiger partial charge is 0.382 e. The maximum absolute atomic E-state index is 12.6. The van der Waals surface area contributed by atoms with Gasteiger partial charge in [0.05, 0.1) is 5.69 Å². The van der Waals surface area contributed by atoms with E-state index in [2.05, 4.69) is 20.4 Å². The maximum Gasteiger partial charge on any atom is 0.220 e. The van der Waals surface area contributed by atoms with Crippen LogP contribution in [-0.4, -0.2) is 81.7 Å². The summed E-state index contributed by atoms with van der Waals surface area (Å²) >= 11 is 0. The van der Waals surface area contributed by atoms with E-state index in [9.17, 15) is 8.42 Å². The van der Waals surface area contributed by atoms with Gasteiger partial charge in [-0.05, 0) is 31.6 Å². The molecule has 0 bridgehead atoms. The van der Waals surface area contributed by atoms with E-state index in [0.29, 0.717) is 37.3 Å². The number of guanidine groups is 1. The Balaban J connectivity index is 0.00000300. The molecule has 0 spiro atoms. The molecule has 29 heavy (non-hydrogen) atoms. The highest BCUT2D eigenvalue weighted by Gasteiger charge is 2.42. The Morgan fingerprint density at radius 3 is 2.62 bits per heavy atom. The van der Waals surface area contributed by atoms with Crippen molar-refractivity contribution < 1.29 is 17.7 Å². The summed E-state index contributed by atoms with van der Waals surface area (Å²) in [5.41, 5.74) is 0.759. The lowest BCUT2D eigenvalue weighted by atomic mass is 10.0. The highest BCUT2D eigenvalue weighted by Crippen LogP contribution is 2.48. The second kappa shape index (κ2) is 10.9. The van der Waals surface area contributed by atoms with Crippen LogP contribution in [0.2, 0.25) is 0 Å². The molecule has 0 amide bonds. The number of nitrogens with one attached hydrogen (secondary N) is 1. The first-order valence-electron chi connectivity index (χ1n) is 9.88. The van der Waals surface area contributed by atoms with Crippen molar-refractivity contribution >= 4 is 40.0 Å². The molecule has 1 saturated carbocycles. The number of sulfonamides is 1. The summed E-state index contributed by atoms with van der Waals surface area (Å²) in [5, 5.41) is 7.19. The number of ether oxygens (including phenoxy) is 1. The minimum Gasteiger partial charge on any atom is -0.382 e. The van der Waals surface area contributed by atoms with Crippen molar-refractivity contribution in [1.82, 2.24) is 19.7 Å². The molecule has 1 aromatic heterocycles. The van der Waals surface area contributed by atoms with Gasteiger partial charge in [0, 0.05) is 59.1 Å². The summed E-state index contributed by atoms with van der Waals surface area (Å²) in [6, 6.07) is 1.58. The summed E-state index contributed by atoms with van der Waals surface area (Å²) in [7, 11) is -1.62. The van der Waals surface area contributed by atoms with E-state index in [1.807, 2.05) is 6.92 Å². The number of halogens is 1. The molecule has 0 radical (unpaired) electrons. The van der Waals surface area contributed by atoms with Crippen LogP contribution in [0.1, 0.15) is 31.9 Å². The van der Waals surface area contributed by atoms with E-state index in [0.717, 1.165) is 32.1 Å². The van der Waals surface area contributed by atoms with Crippen LogP contribution in [0.4, 0.5) is 0 Å². The van der Waals surface area contributed by atoms with Crippen LogP contribution in [0.3, 0.4) is 0 Å². The fourth-order valence-corrected chi connectivity index (χ4v) is 4.92. The van der Waals surface area contributed by atoms with E-state index in [-0.39, 0.29) is 29.7 Å². The van der Waals surface area contributed by atoms with Crippen LogP contribution in [0.5, 0.6) is 0 Å². The Kier molecular flexibility index (Phi) is 9.16. The molecule has 11 heteroatoms. The Morgan fingerprint density at radius 2 is 2.07 bits per heavy atom. The molecule has 1 aromatic rings. The van der Waals surface area contributed by atoms with Crippen LogP contribution in [0, 0.1) is 5.41 Å². The zero-order valence-electron chi connectivity index (χ0n) is 17.2. The molecule has 2 heterocycles. The minimum atomic E-state index is -3.39. The Morgan fingerprint density at radius 1 is 1.34 bits per heavy atom. The summed E-state index contributed by atoms with van der Waals surface area (Å²) in [6.45, 7) is 6.58. The predicted octanol–water partition coefficient (Wildman–Crippen LogP) is 1.52. The number of rotatable bonds is 9. The zero-order chi connectivity index (χ0) is 20.0. The molecule has 0 unspecified atom stereocenters. The SMILES string of the molecule is CCOCCC1(CNC(=NC)N2CCN(S(=O)(=O)Cc3ccon3)CC2)CC1.I. The van der Waals surface area contributed by atoms with Crippen LogP contribution in [0.15, 0.2) is 21.8 Å². The first-order chi connectivity index (χ1) is 13.5. The lowest BCUT2D eigenvalue weighted by molar-refractivity contribution is 0.128. The second-order valence-corrected chi connectivity index (χ2v) is 9.45. The lowest BCUT2D eigenvalue weighted by Gasteiger charge is -2.36. The van der Waals surface area contributed by atoms with Crippen LogP contribution >= 0.6 is 24.0 Å². The number of nitrogens with zero attached hydrogens (tertiary/aromatic N) is 4. The quantitative estimate of drug-likeness (QED) is 0.219. The lowest BCUT2D eigenvalue weighted by Crippen LogP contribution is -2.54. The molecule has 9 nitrogen and oxygen atoms in total. The second-order valence-electron chi connectivity index (χ2n) is 7.48. The number of piperazine rings is 1. The minimum absolute atomic E-state index is 0. The molecular weight excluding hydrogens is 509 g/mol. The number of hydrogen-bond acceptors (Lipinski definition) is 6. The third-order valence-electron chi connectivity index (χ3n) is 5.52. The summed E-state index contributed by atoms with van der Waals surface area (Å²) < 4.78 is 36.9. The zero-order valence-corrected chi connectivity index (χ0v) is 20.3. The van der Waals surface area contributed by atoms with E-state index in [4.69, 9.17) is 9.26 Å². The average Bonchev–Trinajstić information content (AvgIpc) is 3.27. The van der Waals surface area contributed by atoms with E-state index in [1.54, 1.807) is 13.1 Å². The monoisotopic (exact) mass is 541 g/mol. The summed E-state index contributed by atoms with van der Waals surface area (Å²) in [5.74, 6) is 0.718. The number of hydrogen-bond donors (Lipinski definition) is 1. The average molecular weight is 541 g/mol. The predicted molar refractivity (Wildman–Crippen MR) is 122 cm³/mol. The molecule has 0 atom stereocenters. The molecule has 2 aliphatic rings. The van der Waals surface area contributed by atoms with Crippen LogP contribution in [-0.2, 0) is 20.5 Å². The van der Waals surface area contributed by atoms with E-state index < -0.39 is 10.0 Å². The van der Waals surface area contributed by atoms with Gasteiger partial charge in [-0.1, -0.05) is 5.16 Å². The van der Waals surface area contributed by atoms with Gasteiger partial charge in [0.2, 0.25) is 10.0 Å². The van der Waals surface area contributed by atoms with Crippen molar-refractivity contribution in [2.75, 3.05) is 53.0 Å². The molecule has 166 valence electrons. The van der Waals surface area contributed by atoms with Crippen molar-refractivity contribution in [1.29, 1.82) is 0 Å². The third kappa shape index (κ3) is 6.79. The molecule has 1 aliphatic carbocycles. The van der Waals surface area contributed by atoms with Crippen LogP contribution < -0.4 is 5.32 Å². The van der Waals surface area contributed by atoms with Gasteiger partial charge in [-0.3, -0.25) is 4.99 Å². The first-order valence-corrected chi connectivity index (χ1v) is 11.5.